The molecule has 0 unspecified atom stereocenters. The van der Waals surface area contributed by atoms with Crippen molar-refractivity contribution in [1.82, 2.24) is 0 Å². The summed E-state index contributed by atoms with van der Waals surface area (Å²) in [6.45, 7) is 9.38. The van der Waals surface area contributed by atoms with E-state index in [0.717, 1.165) is 18.3 Å². The molecule has 2 saturated heterocycles. The smallest absolute Gasteiger partial charge is 0.486 e. The lowest BCUT2D eigenvalue weighted by Crippen LogP contribution is -2.47. The van der Waals surface area contributed by atoms with Crippen LogP contribution in [0.15, 0.2) is 18.2 Å². The molecule has 2 fully saturated rings. The minimum Gasteiger partial charge on any atom is -0.486 e. The zero-order valence-electron chi connectivity index (χ0n) is 15.4. The average molecular weight is 344 g/mol. The van der Waals surface area contributed by atoms with Crippen LogP contribution in [0.5, 0.6) is 5.75 Å². The van der Waals surface area contributed by atoms with Crippen molar-refractivity contribution in [3.63, 3.8) is 0 Å². The fourth-order valence-corrected chi connectivity index (χ4v) is 3.66. The number of carbonyl (C=O) groups is 1. The zero-order chi connectivity index (χ0) is 17.9. The number of hydrogen-bond donors (Lipinski definition) is 0. The van der Waals surface area contributed by atoms with E-state index in [1.165, 1.54) is 0 Å². The summed E-state index contributed by atoms with van der Waals surface area (Å²) in [6, 6.07) is 5.68. The van der Waals surface area contributed by atoms with Gasteiger partial charge in [-0.2, -0.15) is 0 Å². The van der Waals surface area contributed by atoms with Crippen LogP contribution in [0.25, 0.3) is 0 Å². The van der Waals surface area contributed by atoms with Crippen LogP contribution in [0.1, 0.15) is 57.3 Å². The molecule has 25 heavy (non-hydrogen) atoms. The Morgan fingerprint density at radius 1 is 1.00 bits per heavy atom. The Balaban J connectivity index is 1.62. The molecule has 3 aliphatic heterocycles. The van der Waals surface area contributed by atoms with E-state index in [2.05, 4.69) is 0 Å². The molecular weight excluding hydrogens is 319 g/mol. The molecule has 0 radical (unpaired) electrons. The third-order valence-corrected chi connectivity index (χ3v) is 6.04. The molecule has 0 amide bonds. The lowest BCUT2D eigenvalue weighted by Gasteiger charge is -2.40. The van der Waals surface area contributed by atoms with Crippen molar-refractivity contribution in [2.45, 2.75) is 63.8 Å². The first-order valence-corrected chi connectivity index (χ1v) is 9.01. The van der Waals surface area contributed by atoms with Crippen molar-refractivity contribution in [2.24, 2.45) is 0 Å². The molecule has 0 saturated carbocycles. The minimum absolute atomic E-state index is 0.126. The Labute approximate surface area is 149 Å². The standard InChI is InChI=1S/C19H25BO5/c1-17(2)18(3,4)25-20(24-17)13-5-6-16-14(11-13)15(21)12-19(23-16)7-9-22-10-8-19/h5-6,11H,7-10,12H2,1-4H3. The number of ketones is 1. The minimum atomic E-state index is -0.470. The third kappa shape index (κ3) is 2.80. The Bertz CT molecular complexity index is 690. The third-order valence-electron chi connectivity index (χ3n) is 6.04. The highest BCUT2D eigenvalue weighted by molar-refractivity contribution is 6.62. The molecule has 6 heteroatoms. The van der Waals surface area contributed by atoms with Gasteiger partial charge in [0.25, 0.3) is 0 Å². The summed E-state index contributed by atoms with van der Waals surface area (Å²) in [5.74, 6) is 0.792. The van der Waals surface area contributed by atoms with Gasteiger partial charge < -0.3 is 18.8 Å². The molecule has 1 aromatic carbocycles. The second kappa shape index (κ2) is 5.56. The van der Waals surface area contributed by atoms with Crippen molar-refractivity contribution < 1.29 is 23.6 Å². The number of ether oxygens (including phenoxy) is 2. The first-order valence-electron chi connectivity index (χ1n) is 9.01. The molecule has 1 spiro atoms. The molecule has 0 aromatic heterocycles. The molecule has 1 aromatic rings. The topological polar surface area (TPSA) is 54.0 Å². The van der Waals surface area contributed by atoms with Gasteiger partial charge in [0.05, 0.1) is 36.4 Å². The first kappa shape index (κ1) is 17.1. The van der Waals surface area contributed by atoms with E-state index >= 15 is 0 Å². The molecule has 134 valence electrons. The molecule has 0 N–H and O–H groups in total. The first-order chi connectivity index (χ1) is 11.7. The van der Waals surface area contributed by atoms with Gasteiger partial charge in [-0.1, -0.05) is 6.07 Å². The quantitative estimate of drug-likeness (QED) is 0.733. The number of hydrogen-bond acceptors (Lipinski definition) is 5. The van der Waals surface area contributed by atoms with Crippen LogP contribution in [0.4, 0.5) is 0 Å². The van der Waals surface area contributed by atoms with Gasteiger partial charge >= 0.3 is 7.12 Å². The predicted octanol–water partition coefficient (Wildman–Crippen LogP) is 2.50. The summed E-state index contributed by atoms with van der Waals surface area (Å²) >= 11 is 0. The SMILES string of the molecule is CC1(C)OB(c2ccc3c(c2)C(=O)CC2(CCOCC2)O3)OC1(C)C. The number of rotatable bonds is 1. The Kier molecular flexibility index (Phi) is 3.80. The maximum absolute atomic E-state index is 12.8. The summed E-state index contributed by atoms with van der Waals surface area (Å²) in [5, 5.41) is 0. The van der Waals surface area contributed by atoms with Crippen LogP contribution in [-0.2, 0) is 14.0 Å². The van der Waals surface area contributed by atoms with Gasteiger partial charge in [0.15, 0.2) is 5.78 Å². The Morgan fingerprint density at radius 2 is 1.64 bits per heavy atom. The fourth-order valence-electron chi connectivity index (χ4n) is 3.66. The Hall–Kier alpha value is -1.37. The van der Waals surface area contributed by atoms with Crippen LogP contribution in [0, 0.1) is 0 Å². The molecule has 4 rings (SSSR count). The van der Waals surface area contributed by atoms with Gasteiger partial charge in [0, 0.05) is 12.8 Å². The lowest BCUT2D eigenvalue weighted by atomic mass is 9.76. The number of Topliss-reactive ketones (excluding diaryl/α,β-unsaturated/α-hetero) is 1. The van der Waals surface area contributed by atoms with E-state index in [9.17, 15) is 4.79 Å². The van der Waals surface area contributed by atoms with E-state index in [1.54, 1.807) is 0 Å². The molecule has 3 aliphatic rings. The fraction of sp³-hybridized carbons (Fsp3) is 0.632. The van der Waals surface area contributed by atoms with Gasteiger partial charge in [0.2, 0.25) is 0 Å². The lowest BCUT2D eigenvalue weighted by molar-refractivity contribution is -0.0504. The van der Waals surface area contributed by atoms with Gasteiger partial charge in [-0.25, -0.2) is 0 Å². The highest BCUT2D eigenvalue weighted by Crippen LogP contribution is 2.40. The summed E-state index contributed by atoms with van der Waals surface area (Å²) in [4.78, 5) is 12.8. The zero-order valence-corrected chi connectivity index (χ0v) is 15.4. The van der Waals surface area contributed by atoms with Gasteiger partial charge in [-0.15, -0.1) is 0 Å². The van der Waals surface area contributed by atoms with Crippen LogP contribution in [0.2, 0.25) is 0 Å². The van der Waals surface area contributed by atoms with E-state index in [0.29, 0.717) is 30.9 Å². The highest BCUT2D eigenvalue weighted by Gasteiger charge is 2.52. The summed E-state index contributed by atoms with van der Waals surface area (Å²) in [5.41, 5.74) is 0.288. The van der Waals surface area contributed by atoms with Crippen molar-refractivity contribution in [1.29, 1.82) is 0 Å². The Morgan fingerprint density at radius 3 is 2.28 bits per heavy atom. The number of fused-ring (bicyclic) bond motifs is 1. The van der Waals surface area contributed by atoms with E-state index in [-0.39, 0.29) is 5.78 Å². The van der Waals surface area contributed by atoms with Gasteiger partial charge in [-0.05, 0) is 45.3 Å². The molecule has 0 atom stereocenters. The van der Waals surface area contributed by atoms with E-state index < -0.39 is 23.9 Å². The van der Waals surface area contributed by atoms with Crippen molar-refractivity contribution in [3.8, 4) is 5.75 Å². The largest absolute Gasteiger partial charge is 0.494 e. The van der Waals surface area contributed by atoms with Crippen LogP contribution >= 0.6 is 0 Å². The normalized spacial score (nSPS) is 26.4. The summed E-state index contributed by atoms with van der Waals surface area (Å²) in [6.07, 6.45) is 1.94. The van der Waals surface area contributed by atoms with Crippen molar-refractivity contribution >= 4 is 18.4 Å². The van der Waals surface area contributed by atoms with Gasteiger partial charge in [0.1, 0.15) is 11.4 Å². The molecular formula is C19H25BO5. The predicted molar refractivity (Wildman–Crippen MR) is 94.5 cm³/mol. The maximum atomic E-state index is 12.8. The van der Waals surface area contributed by atoms with Crippen LogP contribution in [0.3, 0.4) is 0 Å². The number of carbonyl (C=O) groups excluding carboxylic acids is 1. The van der Waals surface area contributed by atoms with Crippen molar-refractivity contribution in [2.75, 3.05) is 13.2 Å². The molecule has 5 nitrogen and oxygen atoms in total. The summed E-state index contributed by atoms with van der Waals surface area (Å²) in [7, 11) is -0.470. The molecule has 0 bridgehead atoms. The monoisotopic (exact) mass is 344 g/mol. The van der Waals surface area contributed by atoms with Crippen molar-refractivity contribution in [3.05, 3.63) is 23.8 Å². The highest BCUT2D eigenvalue weighted by atomic mass is 16.7. The van der Waals surface area contributed by atoms with E-state index in [4.69, 9.17) is 18.8 Å². The second-order valence-corrected chi connectivity index (χ2v) is 8.34. The molecule has 0 aliphatic carbocycles. The summed E-state index contributed by atoms with van der Waals surface area (Å²) < 4.78 is 23.9. The average Bonchev–Trinajstić information content (AvgIpc) is 2.76. The van der Waals surface area contributed by atoms with Crippen LogP contribution in [-0.4, -0.2) is 42.9 Å². The maximum Gasteiger partial charge on any atom is 0.494 e. The number of benzene rings is 1. The second-order valence-electron chi connectivity index (χ2n) is 8.34. The van der Waals surface area contributed by atoms with Crippen LogP contribution < -0.4 is 10.2 Å². The molecule has 3 heterocycles. The van der Waals surface area contributed by atoms with Gasteiger partial charge in [-0.3, -0.25) is 4.79 Å². The van der Waals surface area contributed by atoms with E-state index in [1.807, 2.05) is 45.9 Å².